The molecule has 0 radical (unpaired) electrons. The van der Waals surface area contributed by atoms with Crippen molar-refractivity contribution in [3.05, 3.63) is 159 Å². The maximum absolute atomic E-state index is 12.0. The van der Waals surface area contributed by atoms with Gasteiger partial charge in [-0.3, -0.25) is 24.4 Å². The zero-order valence-electron chi connectivity index (χ0n) is 39.2. The number of H-pyrrole nitrogens is 1. The molecule has 7 N–H and O–H groups in total. The van der Waals surface area contributed by atoms with E-state index >= 15 is 0 Å². The van der Waals surface area contributed by atoms with E-state index in [-0.39, 0.29) is 52.6 Å². The minimum absolute atomic E-state index is 0.0113. The molecule has 1 aromatic heterocycles. The summed E-state index contributed by atoms with van der Waals surface area (Å²) >= 11 is 3.38. The van der Waals surface area contributed by atoms with Crippen molar-refractivity contribution in [2.45, 2.75) is 98.8 Å². The predicted molar refractivity (Wildman–Crippen MR) is 276 cm³/mol. The lowest BCUT2D eigenvalue weighted by Gasteiger charge is -2.19. The van der Waals surface area contributed by atoms with Gasteiger partial charge >= 0.3 is 0 Å². The second kappa shape index (κ2) is 23.0. The number of thioether (sulfide) groups is 2. The van der Waals surface area contributed by atoms with Gasteiger partial charge < -0.3 is 35.6 Å². The number of benzene rings is 2. The van der Waals surface area contributed by atoms with Crippen LogP contribution in [0.25, 0.3) is 5.57 Å². The molecule has 11 rings (SSSR count). The molecule has 0 amide bonds. The topological polar surface area (TPSA) is 226 Å². The number of aliphatic imine (C=N–C) groups is 2. The Kier molecular flexibility index (Phi) is 16.8. The number of nitrogens with one attached hydrogen (secondary N) is 1. The molecule has 0 spiro atoms. The van der Waals surface area contributed by atoms with Gasteiger partial charge in [0.2, 0.25) is 0 Å². The van der Waals surface area contributed by atoms with Crippen LogP contribution in [0.15, 0.2) is 152 Å². The molecule has 6 aliphatic carbocycles. The first-order valence-electron chi connectivity index (χ1n) is 24.0. The predicted octanol–water partition coefficient (Wildman–Crippen LogP) is 6.14. The van der Waals surface area contributed by atoms with Crippen LogP contribution in [-0.4, -0.2) is 119 Å². The largest absolute Gasteiger partial charge is 0.390 e. The number of fused-ring (bicyclic) bond motifs is 1. The van der Waals surface area contributed by atoms with E-state index in [1.54, 1.807) is 36.0 Å². The number of hydrogen-bond acceptors (Lipinski definition) is 14. The molecule has 12 atom stereocenters. The molecule has 0 saturated heterocycles. The summed E-state index contributed by atoms with van der Waals surface area (Å²) in [6.45, 7) is 6.00. The third kappa shape index (κ3) is 10.4. The SMILES string of the molecule is C=C.CSC[C@H]1C[C@@H](C2=CCC3=C2N=CCC3=O)[C@H](O)[C@@H]1O.O=C1CC=NC2=C1CC=C2[C@@H]1C[C@H](c2ccccc2)[C@@H](O)[C@H]1O.O=c1[nH]cnc2c1CC=C2[C@@H]1C[C@H](CSc2ccccc2)[C@@H](O)[C@H]1O. The number of carbonyl (C=O) groups excluding carboxylic acids is 2. The van der Waals surface area contributed by atoms with Gasteiger partial charge in [-0.15, -0.1) is 24.9 Å². The van der Waals surface area contributed by atoms with Gasteiger partial charge in [0.05, 0.1) is 60.0 Å². The second-order valence-electron chi connectivity index (χ2n) is 18.8. The van der Waals surface area contributed by atoms with E-state index in [2.05, 4.69) is 33.1 Å². The number of rotatable bonds is 9. The first kappa shape index (κ1) is 51.3. The third-order valence-corrected chi connectivity index (χ3v) is 16.8. The molecule has 368 valence electrons. The van der Waals surface area contributed by atoms with Gasteiger partial charge in [0.25, 0.3) is 5.56 Å². The molecule has 15 heteroatoms. The Morgan fingerprint density at radius 1 is 0.586 bits per heavy atom. The summed E-state index contributed by atoms with van der Waals surface area (Å²) in [5, 5.41) is 62.6. The van der Waals surface area contributed by atoms with Crippen LogP contribution >= 0.6 is 23.5 Å². The van der Waals surface area contributed by atoms with Crippen molar-refractivity contribution in [1.29, 1.82) is 0 Å². The van der Waals surface area contributed by atoms with Gasteiger partial charge in [-0.1, -0.05) is 66.8 Å². The molecule has 0 unspecified atom stereocenters. The number of Topliss-reactive ketones (excluding diaryl/α,β-unsaturated/α-hetero) is 2. The zero-order valence-corrected chi connectivity index (χ0v) is 40.9. The summed E-state index contributed by atoms with van der Waals surface area (Å²) in [4.78, 5) is 52.5. The third-order valence-electron chi connectivity index (χ3n) is 14.9. The molecule has 3 saturated carbocycles. The number of aromatic nitrogens is 2. The lowest BCUT2D eigenvalue weighted by molar-refractivity contribution is -0.115. The average Bonchev–Trinajstić information content (AvgIpc) is 4.25. The summed E-state index contributed by atoms with van der Waals surface area (Å²) in [6, 6.07) is 19.9. The van der Waals surface area contributed by atoms with Gasteiger partial charge in [0, 0.05) is 76.3 Å². The van der Waals surface area contributed by atoms with E-state index in [0.29, 0.717) is 56.2 Å². The van der Waals surface area contributed by atoms with Crippen molar-refractivity contribution in [2.24, 2.45) is 39.6 Å². The number of carbonyl (C=O) groups is 2. The summed E-state index contributed by atoms with van der Waals surface area (Å²) in [5.41, 5.74) is 8.04. The fourth-order valence-corrected chi connectivity index (χ4v) is 13.2. The highest BCUT2D eigenvalue weighted by Crippen LogP contribution is 2.48. The Morgan fingerprint density at radius 2 is 1.07 bits per heavy atom. The summed E-state index contributed by atoms with van der Waals surface area (Å²) in [7, 11) is 0. The molecule has 3 aromatic rings. The lowest BCUT2D eigenvalue weighted by Crippen LogP contribution is -2.29. The Hall–Kier alpha value is -5.10. The minimum atomic E-state index is -0.828. The first-order valence-corrected chi connectivity index (χ1v) is 26.4. The van der Waals surface area contributed by atoms with Gasteiger partial charge in [-0.25, -0.2) is 4.98 Å². The zero-order chi connectivity index (χ0) is 49.6. The van der Waals surface area contributed by atoms with E-state index in [1.165, 1.54) is 6.33 Å². The first-order chi connectivity index (χ1) is 33.9. The molecule has 2 aliphatic heterocycles. The number of ketones is 2. The lowest BCUT2D eigenvalue weighted by atomic mass is 9.91. The molecular weight excluding hydrogens is 925 g/mol. The maximum atomic E-state index is 12.0. The molecule has 0 bridgehead atoms. The molecular formula is C55H62N4O9S2. The highest BCUT2D eigenvalue weighted by atomic mass is 32.2. The normalized spacial score (nSPS) is 31.4. The fourth-order valence-electron chi connectivity index (χ4n) is 11.3. The number of allylic oxidation sites excluding steroid dienone is 7. The minimum Gasteiger partial charge on any atom is -0.390 e. The van der Waals surface area contributed by atoms with Gasteiger partial charge in [-0.2, -0.15) is 11.8 Å². The van der Waals surface area contributed by atoms with E-state index < -0.39 is 36.6 Å². The van der Waals surface area contributed by atoms with Gasteiger partial charge in [-0.05, 0) is 96.8 Å². The van der Waals surface area contributed by atoms with Crippen molar-refractivity contribution >= 4 is 53.1 Å². The molecule has 3 heterocycles. The van der Waals surface area contributed by atoms with Crippen LogP contribution in [0.1, 0.15) is 67.7 Å². The van der Waals surface area contributed by atoms with E-state index in [9.17, 15) is 45.0 Å². The summed E-state index contributed by atoms with van der Waals surface area (Å²) in [6.07, 6.45) is 12.7. The molecule has 70 heavy (non-hydrogen) atoms. The molecule has 3 fully saturated rings. The van der Waals surface area contributed by atoms with Crippen LogP contribution in [-0.2, 0) is 16.0 Å². The quantitative estimate of drug-likeness (QED) is 0.0949. The smallest absolute Gasteiger partial charge is 0.254 e. The number of nitrogens with zero attached hydrogens (tertiary/aromatic N) is 3. The average molecular weight is 987 g/mol. The maximum Gasteiger partial charge on any atom is 0.254 e. The van der Waals surface area contributed by atoms with Crippen molar-refractivity contribution in [3.63, 3.8) is 0 Å². The monoisotopic (exact) mass is 986 g/mol. The Bertz CT molecular complexity index is 2690. The van der Waals surface area contributed by atoms with Crippen LogP contribution in [0, 0.1) is 29.6 Å². The van der Waals surface area contributed by atoms with Crippen LogP contribution in [0.3, 0.4) is 0 Å². The summed E-state index contributed by atoms with van der Waals surface area (Å²) < 4.78 is 0. The number of aromatic amines is 1. The Balaban J connectivity index is 0.000000139. The van der Waals surface area contributed by atoms with Crippen LogP contribution < -0.4 is 5.56 Å². The van der Waals surface area contributed by atoms with Crippen LogP contribution in [0.5, 0.6) is 0 Å². The molecule has 8 aliphatic rings. The Labute approximate surface area is 416 Å². The second-order valence-corrected chi connectivity index (χ2v) is 20.8. The number of aliphatic hydroxyl groups is 6. The van der Waals surface area contributed by atoms with Crippen LogP contribution in [0.2, 0.25) is 0 Å². The number of aliphatic hydroxyl groups excluding tert-OH is 6. The standard InChI is InChI=1S/C19H20N2O3S.C19H19NO3.C15H19NO3S.C2H4/c22-17-11(9-25-12-4-2-1-3-5-12)8-15(18(17)23)13-6-7-14-16(13)20-10-21-19(14)24;21-16-8-9-20-17-12(6-7-13(16)17)15-10-14(18(22)19(15)23)11-4-2-1-3-5-11;1-20-7-8-6-11(15(19)14(8)18)9-2-3-10-12(17)4-5-16-13(9)10;1-2/h1-6,10-11,15,17-18,22-23H,7-9H2,(H,20,21,24);1-6,9,14-15,18-19,22-23H,7-8,10H2;2,5,8,11,14-15,18-19H,3-4,6-7H2,1H3;1-2H2/t11-,15+,17-,18+;14-,15+,18-,19+;8-,11+,14-,15+;/m111./s1. The van der Waals surface area contributed by atoms with Crippen molar-refractivity contribution < 1.29 is 40.2 Å². The van der Waals surface area contributed by atoms with E-state index in [1.807, 2.05) is 85.1 Å². The van der Waals surface area contributed by atoms with Crippen molar-refractivity contribution in [2.75, 3.05) is 17.8 Å². The number of hydrogen-bond donors (Lipinski definition) is 7. The molecule has 13 nitrogen and oxygen atoms in total. The van der Waals surface area contributed by atoms with Gasteiger partial charge in [0.1, 0.15) is 0 Å². The van der Waals surface area contributed by atoms with Crippen LogP contribution in [0.4, 0.5) is 0 Å². The van der Waals surface area contributed by atoms with E-state index in [4.69, 9.17) is 0 Å². The summed E-state index contributed by atoms with van der Waals surface area (Å²) in [5.74, 6) is 1.43. The van der Waals surface area contributed by atoms with Crippen molar-refractivity contribution in [3.8, 4) is 0 Å². The molecule has 2 aromatic carbocycles. The highest BCUT2D eigenvalue weighted by Gasteiger charge is 2.47. The van der Waals surface area contributed by atoms with E-state index in [0.717, 1.165) is 67.6 Å². The van der Waals surface area contributed by atoms with Crippen molar-refractivity contribution in [1.82, 2.24) is 9.97 Å². The highest BCUT2D eigenvalue weighted by molar-refractivity contribution is 7.99. The fraction of sp³-hybridized carbons (Fsp3) is 0.418. The Morgan fingerprint density at radius 3 is 1.64 bits per heavy atom. The van der Waals surface area contributed by atoms with Gasteiger partial charge in [0.15, 0.2) is 11.6 Å².